The fourth-order valence-electron chi connectivity index (χ4n) is 3.27. The highest BCUT2D eigenvalue weighted by Crippen LogP contribution is 2.23. The number of carbonyl (C=O) groups is 1. The minimum absolute atomic E-state index is 0. The van der Waals surface area contributed by atoms with Gasteiger partial charge < -0.3 is 4.90 Å². The maximum atomic E-state index is 13.9. The predicted molar refractivity (Wildman–Crippen MR) is 112 cm³/mol. The molecular formula is C21H19ClF3N3OS. The van der Waals surface area contributed by atoms with Gasteiger partial charge >= 0.3 is 0 Å². The molecule has 2 heterocycles. The van der Waals surface area contributed by atoms with Crippen LogP contribution in [0.1, 0.15) is 15.4 Å². The van der Waals surface area contributed by atoms with Crippen molar-refractivity contribution in [2.45, 2.75) is 6.54 Å². The Kier molecular flexibility index (Phi) is 7.12. The van der Waals surface area contributed by atoms with Gasteiger partial charge in [-0.15, -0.1) is 23.7 Å². The van der Waals surface area contributed by atoms with Gasteiger partial charge in [0, 0.05) is 43.2 Å². The first kappa shape index (κ1) is 22.3. The maximum absolute atomic E-state index is 13.9. The molecule has 158 valence electrons. The second-order valence-electron chi connectivity index (χ2n) is 6.83. The van der Waals surface area contributed by atoms with Crippen LogP contribution < -0.4 is 0 Å². The largest absolute Gasteiger partial charge is 0.336 e. The number of rotatable bonds is 4. The Balaban J connectivity index is 0.00000256. The zero-order valence-electron chi connectivity index (χ0n) is 15.9. The Morgan fingerprint density at radius 3 is 2.30 bits per heavy atom. The maximum Gasteiger partial charge on any atom is 0.256 e. The molecule has 0 bridgehead atoms. The molecule has 1 amide bonds. The third-order valence-corrected chi connectivity index (χ3v) is 5.71. The first-order chi connectivity index (χ1) is 14.0. The molecule has 3 aromatic rings. The van der Waals surface area contributed by atoms with Crippen LogP contribution >= 0.6 is 23.7 Å². The second kappa shape index (κ2) is 9.59. The van der Waals surface area contributed by atoms with Crippen molar-refractivity contribution in [3.8, 4) is 11.3 Å². The van der Waals surface area contributed by atoms with Crippen molar-refractivity contribution in [2.24, 2.45) is 0 Å². The Labute approximate surface area is 182 Å². The SMILES string of the molecule is Cl.O=C(c1ccc(F)cc1F)N1CCN(Cc2nc(-c3ccc(F)cc3)cs2)CC1. The van der Waals surface area contributed by atoms with E-state index in [1.54, 1.807) is 17.0 Å². The molecule has 0 unspecified atom stereocenters. The first-order valence-corrected chi connectivity index (χ1v) is 10.0. The molecule has 0 saturated carbocycles. The van der Waals surface area contributed by atoms with Gasteiger partial charge in [0.1, 0.15) is 22.5 Å². The van der Waals surface area contributed by atoms with Gasteiger partial charge in [0.15, 0.2) is 0 Å². The molecule has 2 aromatic carbocycles. The van der Waals surface area contributed by atoms with Gasteiger partial charge in [-0.05, 0) is 36.4 Å². The molecule has 30 heavy (non-hydrogen) atoms. The third-order valence-electron chi connectivity index (χ3n) is 4.87. The lowest BCUT2D eigenvalue weighted by Crippen LogP contribution is -2.48. The monoisotopic (exact) mass is 453 g/mol. The van der Waals surface area contributed by atoms with Crippen LogP contribution in [0, 0.1) is 17.5 Å². The number of piperazine rings is 1. The number of benzene rings is 2. The van der Waals surface area contributed by atoms with E-state index in [2.05, 4.69) is 9.88 Å². The average Bonchev–Trinajstić information content (AvgIpc) is 3.17. The molecule has 0 aliphatic carbocycles. The van der Waals surface area contributed by atoms with Gasteiger partial charge in [-0.2, -0.15) is 0 Å². The quantitative estimate of drug-likeness (QED) is 0.579. The van der Waals surface area contributed by atoms with Crippen LogP contribution in [0.4, 0.5) is 13.2 Å². The number of hydrogen-bond donors (Lipinski definition) is 0. The topological polar surface area (TPSA) is 36.4 Å². The minimum atomic E-state index is -0.839. The van der Waals surface area contributed by atoms with Crippen LogP contribution in [-0.2, 0) is 6.54 Å². The van der Waals surface area contributed by atoms with Gasteiger partial charge in [-0.3, -0.25) is 9.69 Å². The summed E-state index contributed by atoms with van der Waals surface area (Å²) in [5.74, 6) is -2.24. The van der Waals surface area contributed by atoms with E-state index < -0.39 is 17.5 Å². The van der Waals surface area contributed by atoms with Crippen molar-refractivity contribution in [1.82, 2.24) is 14.8 Å². The molecule has 0 spiro atoms. The zero-order chi connectivity index (χ0) is 20.4. The van der Waals surface area contributed by atoms with E-state index in [9.17, 15) is 18.0 Å². The van der Waals surface area contributed by atoms with Crippen LogP contribution in [0.5, 0.6) is 0 Å². The third kappa shape index (κ3) is 5.00. The second-order valence-corrected chi connectivity index (χ2v) is 7.77. The molecule has 1 aromatic heterocycles. The molecule has 1 aliphatic rings. The first-order valence-electron chi connectivity index (χ1n) is 9.16. The normalized spacial score (nSPS) is 14.4. The average molecular weight is 454 g/mol. The summed E-state index contributed by atoms with van der Waals surface area (Å²) in [5, 5.41) is 2.88. The highest BCUT2D eigenvalue weighted by molar-refractivity contribution is 7.09. The van der Waals surface area contributed by atoms with Crippen LogP contribution in [0.25, 0.3) is 11.3 Å². The zero-order valence-corrected chi connectivity index (χ0v) is 17.5. The highest BCUT2D eigenvalue weighted by atomic mass is 35.5. The van der Waals surface area contributed by atoms with E-state index in [0.717, 1.165) is 28.4 Å². The standard InChI is InChI=1S/C21H18F3N3OS.ClH/c22-15-3-1-14(2-4-15)19-13-29-20(25-19)12-26-7-9-27(10-8-26)21(28)17-6-5-16(23)11-18(17)24;/h1-6,11,13H,7-10,12H2;1H. The molecule has 1 aliphatic heterocycles. The molecular weight excluding hydrogens is 435 g/mol. The van der Waals surface area contributed by atoms with Gasteiger partial charge in [-0.1, -0.05) is 0 Å². The molecule has 0 atom stereocenters. The summed E-state index contributed by atoms with van der Waals surface area (Å²) in [5.41, 5.74) is 1.57. The van der Waals surface area contributed by atoms with Gasteiger partial charge in [0.25, 0.3) is 5.91 Å². The van der Waals surface area contributed by atoms with E-state index in [-0.39, 0.29) is 23.8 Å². The molecule has 1 fully saturated rings. The summed E-state index contributed by atoms with van der Waals surface area (Å²) >= 11 is 1.54. The van der Waals surface area contributed by atoms with E-state index in [4.69, 9.17) is 0 Å². The van der Waals surface area contributed by atoms with E-state index >= 15 is 0 Å². The fourth-order valence-corrected chi connectivity index (χ4v) is 4.11. The van der Waals surface area contributed by atoms with Crippen molar-refractivity contribution in [3.63, 3.8) is 0 Å². The van der Waals surface area contributed by atoms with Crippen molar-refractivity contribution in [3.05, 3.63) is 75.9 Å². The van der Waals surface area contributed by atoms with Crippen LogP contribution in [0.2, 0.25) is 0 Å². The molecule has 0 N–H and O–H groups in total. The minimum Gasteiger partial charge on any atom is -0.336 e. The van der Waals surface area contributed by atoms with Crippen molar-refractivity contribution < 1.29 is 18.0 Å². The molecule has 4 nitrogen and oxygen atoms in total. The highest BCUT2D eigenvalue weighted by Gasteiger charge is 2.24. The number of amides is 1. The van der Waals surface area contributed by atoms with Crippen molar-refractivity contribution in [1.29, 1.82) is 0 Å². The van der Waals surface area contributed by atoms with E-state index in [1.165, 1.54) is 29.5 Å². The smallest absolute Gasteiger partial charge is 0.256 e. The molecule has 1 saturated heterocycles. The van der Waals surface area contributed by atoms with Crippen LogP contribution in [-0.4, -0.2) is 46.9 Å². The van der Waals surface area contributed by atoms with E-state index in [1.807, 2.05) is 5.38 Å². The predicted octanol–water partition coefficient (Wildman–Crippen LogP) is 4.61. The number of thiazole rings is 1. The van der Waals surface area contributed by atoms with Crippen molar-refractivity contribution >= 4 is 29.7 Å². The lowest BCUT2D eigenvalue weighted by molar-refractivity contribution is 0.0624. The Hall–Kier alpha value is -2.42. The fraction of sp³-hybridized carbons (Fsp3) is 0.238. The van der Waals surface area contributed by atoms with Crippen molar-refractivity contribution in [2.75, 3.05) is 26.2 Å². The summed E-state index contributed by atoms with van der Waals surface area (Å²) in [6.07, 6.45) is 0. The van der Waals surface area contributed by atoms with Gasteiger partial charge in [0.2, 0.25) is 0 Å². The summed E-state index contributed by atoms with van der Waals surface area (Å²) in [6, 6.07) is 9.23. The number of nitrogens with zero attached hydrogens (tertiary/aromatic N) is 3. The lowest BCUT2D eigenvalue weighted by Gasteiger charge is -2.34. The number of carbonyl (C=O) groups excluding carboxylic acids is 1. The van der Waals surface area contributed by atoms with Gasteiger partial charge in [-0.25, -0.2) is 18.2 Å². The molecule has 0 radical (unpaired) electrons. The summed E-state index contributed by atoms with van der Waals surface area (Å²) in [4.78, 5) is 20.9. The Morgan fingerprint density at radius 2 is 1.63 bits per heavy atom. The Bertz CT molecular complexity index is 1020. The van der Waals surface area contributed by atoms with Gasteiger partial charge in [0.05, 0.1) is 17.8 Å². The summed E-state index contributed by atoms with van der Waals surface area (Å²) in [6.45, 7) is 2.86. The number of halogens is 4. The van der Waals surface area contributed by atoms with Crippen LogP contribution in [0.3, 0.4) is 0 Å². The molecule has 9 heteroatoms. The van der Waals surface area contributed by atoms with Crippen LogP contribution in [0.15, 0.2) is 47.8 Å². The molecule has 4 rings (SSSR count). The number of aromatic nitrogens is 1. The summed E-state index contributed by atoms with van der Waals surface area (Å²) in [7, 11) is 0. The summed E-state index contributed by atoms with van der Waals surface area (Å²) < 4.78 is 40.0. The lowest BCUT2D eigenvalue weighted by atomic mass is 10.1. The Morgan fingerprint density at radius 1 is 0.967 bits per heavy atom. The van der Waals surface area contributed by atoms with E-state index in [0.29, 0.717) is 32.7 Å². The number of hydrogen-bond acceptors (Lipinski definition) is 4.